The van der Waals surface area contributed by atoms with Crippen LogP contribution in [0.1, 0.15) is 44.2 Å². The Morgan fingerprint density at radius 3 is 2.15 bits per heavy atom. The summed E-state index contributed by atoms with van der Waals surface area (Å²) in [6.07, 6.45) is 3.02. The highest BCUT2D eigenvalue weighted by molar-refractivity contribution is 5.85. The minimum atomic E-state index is -0.00638. The lowest BCUT2D eigenvalue weighted by molar-refractivity contribution is 0.345. The van der Waals surface area contributed by atoms with Gasteiger partial charge in [-0.25, -0.2) is 4.99 Å². The fourth-order valence-corrected chi connectivity index (χ4v) is 3.38. The molecule has 0 spiro atoms. The predicted octanol–water partition coefficient (Wildman–Crippen LogP) is 5.02. The number of nitrogens with one attached hydrogen (secondary N) is 1. The summed E-state index contributed by atoms with van der Waals surface area (Å²) >= 11 is 0. The number of hydrogen-bond acceptors (Lipinski definition) is 3. The van der Waals surface area contributed by atoms with E-state index in [1.54, 1.807) is 7.11 Å². The van der Waals surface area contributed by atoms with Crippen molar-refractivity contribution in [2.75, 3.05) is 7.11 Å². The monoisotopic (exact) mass is 348 g/mol. The van der Waals surface area contributed by atoms with Crippen molar-refractivity contribution in [1.29, 1.82) is 0 Å². The van der Waals surface area contributed by atoms with Gasteiger partial charge in [-0.15, -0.1) is 0 Å². The average Bonchev–Trinajstić information content (AvgIpc) is 2.81. The lowest BCUT2D eigenvalue weighted by Crippen LogP contribution is -2.45. The van der Waals surface area contributed by atoms with Crippen molar-refractivity contribution in [3.05, 3.63) is 77.9 Å². The molecule has 0 bridgehead atoms. The maximum atomic E-state index is 5.63. The zero-order valence-corrected chi connectivity index (χ0v) is 16.1. The molecule has 2 aromatic carbocycles. The molecule has 0 aliphatic carbocycles. The van der Waals surface area contributed by atoms with Crippen molar-refractivity contribution in [2.45, 2.75) is 44.7 Å². The highest BCUT2D eigenvalue weighted by atomic mass is 16.5. The molecule has 2 atom stereocenters. The Kier molecular flexibility index (Phi) is 5.58. The molecule has 0 unspecified atom stereocenters. The zero-order valence-electron chi connectivity index (χ0n) is 16.1. The standard InChI is InChI=1S/C23H28N2O/c1-23(2,3)25-21-16-20(18-13-9-6-10-14-18)24-22(26-4)15-19(21)17-11-7-5-8-12-17/h5-14,16,19,21,25H,15H2,1-4H3/t19-,21+/m1/s1. The van der Waals surface area contributed by atoms with Crippen LogP contribution in [0.15, 0.2) is 71.7 Å². The number of aliphatic imine (C=N–C) groups is 1. The summed E-state index contributed by atoms with van der Waals surface area (Å²) in [5, 5.41) is 3.79. The first-order valence-electron chi connectivity index (χ1n) is 9.18. The number of hydrogen-bond donors (Lipinski definition) is 1. The lowest BCUT2D eigenvalue weighted by Gasteiger charge is -2.32. The lowest BCUT2D eigenvalue weighted by atomic mass is 9.86. The van der Waals surface area contributed by atoms with Crippen LogP contribution < -0.4 is 5.32 Å². The smallest absolute Gasteiger partial charge is 0.188 e. The topological polar surface area (TPSA) is 33.6 Å². The quantitative estimate of drug-likeness (QED) is 0.845. The molecule has 26 heavy (non-hydrogen) atoms. The van der Waals surface area contributed by atoms with Gasteiger partial charge in [0.25, 0.3) is 0 Å². The molecule has 3 nitrogen and oxygen atoms in total. The van der Waals surface area contributed by atoms with Gasteiger partial charge in [0, 0.05) is 23.9 Å². The Morgan fingerprint density at radius 1 is 0.962 bits per heavy atom. The summed E-state index contributed by atoms with van der Waals surface area (Å²) in [5.74, 6) is 1.03. The molecule has 1 heterocycles. The molecule has 0 aromatic heterocycles. The second-order valence-electron chi connectivity index (χ2n) is 7.77. The molecule has 0 saturated heterocycles. The third-order valence-electron chi connectivity index (χ3n) is 4.54. The largest absolute Gasteiger partial charge is 0.484 e. The highest BCUT2D eigenvalue weighted by Gasteiger charge is 2.30. The Morgan fingerprint density at radius 2 is 1.58 bits per heavy atom. The van der Waals surface area contributed by atoms with Gasteiger partial charge < -0.3 is 10.1 Å². The van der Waals surface area contributed by atoms with Crippen LogP contribution in [-0.2, 0) is 4.74 Å². The van der Waals surface area contributed by atoms with Gasteiger partial charge in [0.1, 0.15) is 0 Å². The van der Waals surface area contributed by atoms with Gasteiger partial charge in [0.15, 0.2) is 5.90 Å². The summed E-state index contributed by atoms with van der Waals surface area (Å²) < 4.78 is 5.63. The van der Waals surface area contributed by atoms with Gasteiger partial charge in [0.2, 0.25) is 0 Å². The van der Waals surface area contributed by atoms with Gasteiger partial charge in [-0.05, 0) is 38.0 Å². The summed E-state index contributed by atoms with van der Waals surface area (Å²) in [4.78, 5) is 4.84. The number of rotatable bonds is 3. The molecular weight excluding hydrogens is 320 g/mol. The summed E-state index contributed by atoms with van der Waals surface area (Å²) in [6, 6.07) is 21.1. The van der Waals surface area contributed by atoms with Crippen LogP contribution in [0.4, 0.5) is 0 Å². The van der Waals surface area contributed by atoms with Crippen LogP contribution in [0.2, 0.25) is 0 Å². The van der Waals surface area contributed by atoms with Crippen LogP contribution in [0.5, 0.6) is 0 Å². The first-order chi connectivity index (χ1) is 12.5. The third-order valence-corrected chi connectivity index (χ3v) is 4.54. The van der Waals surface area contributed by atoms with Gasteiger partial charge in [-0.1, -0.05) is 60.7 Å². The van der Waals surface area contributed by atoms with E-state index in [1.165, 1.54) is 5.56 Å². The Hall–Kier alpha value is -2.39. The molecule has 0 radical (unpaired) electrons. The van der Waals surface area contributed by atoms with E-state index in [1.807, 2.05) is 18.2 Å². The molecule has 3 heteroatoms. The van der Waals surface area contributed by atoms with Crippen molar-refractivity contribution < 1.29 is 4.74 Å². The van der Waals surface area contributed by atoms with Crippen LogP contribution in [0.25, 0.3) is 5.70 Å². The molecular formula is C23H28N2O. The highest BCUT2D eigenvalue weighted by Crippen LogP contribution is 2.32. The first kappa shape index (κ1) is 18.4. The van der Waals surface area contributed by atoms with Crippen molar-refractivity contribution in [3.63, 3.8) is 0 Å². The molecule has 1 aliphatic rings. The van der Waals surface area contributed by atoms with E-state index in [0.29, 0.717) is 0 Å². The van der Waals surface area contributed by atoms with Crippen LogP contribution in [0, 0.1) is 0 Å². The predicted molar refractivity (Wildman–Crippen MR) is 109 cm³/mol. The van der Waals surface area contributed by atoms with E-state index >= 15 is 0 Å². The fraction of sp³-hybridized carbons (Fsp3) is 0.348. The Bertz CT molecular complexity index is 773. The van der Waals surface area contributed by atoms with E-state index in [0.717, 1.165) is 23.6 Å². The third kappa shape index (κ3) is 4.61. The van der Waals surface area contributed by atoms with Crippen molar-refractivity contribution in [1.82, 2.24) is 5.32 Å². The van der Waals surface area contributed by atoms with Gasteiger partial charge in [-0.3, -0.25) is 0 Å². The maximum Gasteiger partial charge on any atom is 0.188 e. The maximum absolute atomic E-state index is 5.63. The van der Waals surface area contributed by atoms with Crippen LogP contribution in [0.3, 0.4) is 0 Å². The first-order valence-corrected chi connectivity index (χ1v) is 9.18. The Labute approximate surface area is 156 Å². The molecule has 0 fully saturated rings. The van der Waals surface area contributed by atoms with Crippen molar-refractivity contribution in [3.8, 4) is 0 Å². The number of ether oxygens (including phenoxy) is 1. The van der Waals surface area contributed by atoms with Crippen molar-refractivity contribution in [2.24, 2.45) is 4.99 Å². The normalized spacial score (nSPS) is 20.8. The number of benzene rings is 2. The second kappa shape index (κ2) is 7.88. The molecule has 0 amide bonds. The van der Waals surface area contributed by atoms with Gasteiger partial charge in [0.05, 0.1) is 12.8 Å². The summed E-state index contributed by atoms with van der Waals surface area (Å²) in [7, 11) is 1.71. The fourth-order valence-electron chi connectivity index (χ4n) is 3.38. The average molecular weight is 348 g/mol. The molecule has 2 aromatic rings. The second-order valence-corrected chi connectivity index (χ2v) is 7.77. The zero-order chi connectivity index (χ0) is 18.6. The van der Waals surface area contributed by atoms with E-state index in [9.17, 15) is 0 Å². The van der Waals surface area contributed by atoms with E-state index in [4.69, 9.17) is 9.73 Å². The molecule has 0 saturated carbocycles. The van der Waals surface area contributed by atoms with E-state index in [2.05, 4.69) is 74.6 Å². The number of nitrogens with zero attached hydrogens (tertiary/aromatic N) is 1. The van der Waals surface area contributed by atoms with Gasteiger partial charge >= 0.3 is 0 Å². The minimum Gasteiger partial charge on any atom is -0.484 e. The SMILES string of the molecule is COC1=NC(c2ccccc2)=C[C@H](NC(C)(C)C)[C@@H](c2ccccc2)C1. The molecule has 1 N–H and O–H groups in total. The van der Waals surface area contributed by atoms with Crippen molar-refractivity contribution >= 4 is 11.6 Å². The van der Waals surface area contributed by atoms with Gasteiger partial charge in [-0.2, -0.15) is 0 Å². The Balaban J connectivity index is 2.07. The molecule has 136 valence electrons. The summed E-state index contributed by atoms with van der Waals surface area (Å²) in [6.45, 7) is 6.61. The molecule has 1 aliphatic heterocycles. The van der Waals surface area contributed by atoms with E-state index < -0.39 is 0 Å². The number of methoxy groups -OCH3 is 1. The molecule has 3 rings (SSSR count). The van der Waals surface area contributed by atoms with E-state index in [-0.39, 0.29) is 17.5 Å². The van der Waals surface area contributed by atoms with Crippen LogP contribution in [-0.4, -0.2) is 24.6 Å². The summed E-state index contributed by atoms with van der Waals surface area (Å²) in [5.41, 5.74) is 3.36. The van der Waals surface area contributed by atoms with Crippen LogP contribution >= 0.6 is 0 Å². The minimum absolute atomic E-state index is 0.00638.